The lowest BCUT2D eigenvalue weighted by molar-refractivity contribution is 0.0924. The number of ether oxygens (including phenoxy) is 3. The van der Waals surface area contributed by atoms with Gasteiger partial charge in [0.2, 0.25) is 0 Å². The monoisotopic (exact) mass is 403 g/mol. The van der Waals surface area contributed by atoms with Crippen molar-refractivity contribution in [3.05, 3.63) is 36.2 Å². The number of hydrogen-bond acceptors (Lipinski definition) is 7. The van der Waals surface area contributed by atoms with Crippen molar-refractivity contribution in [2.24, 2.45) is 0 Å². The van der Waals surface area contributed by atoms with Gasteiger partial charge >= 0.3 is 0 Å². The summed E-state index contributed by atoms with van der Waals surface area (Å²) >= 11 is 1.71. The zero-order chi connectivity index (χ0) is 19.9. The lowest BCUT2D eigenvalue weighted by Crippen LogP contribution is -2.38. The fraction of sp³-hybridized carbons (Fsp3) is 0.450. The highest BCUT2D eigenvalue weighted by Crippen LogP contribution is 2.35. The van der Waals surface area contributed by atoms with Crippen molar-refractivity contribution in [2.75, 3.05) is 21.3 Å². The normalized spacial score (nSPS) is 19.0. The molecule has 1 amide bonds. The van der Waals surface area contributed by atoms with E-state index in [4.69, 9.17) is 14.2 Å². The second-order valence-electron chi connectivity index (χ2n) is 6.50. The third-order valence-electron chi connectivity index (χ3n) is 4.77. The third kappa shape index (κ3) is 4.86. The highest BCUT2D eigenvalue weighted by atomic mass is 32.2. The van der Waals surface area contributed by atoms with Crippen LogP contribution in [0, 0.1) is 0 Å². The standard InChI is InChI=1S/C20H25N3O4S/c1-25-16-12-18(27-3)17(26-2)11-15(16)19(24)23-13-5-7-14(8-6-13)28-20-21-9-4-10-22-20/h4,9-14H,5-8H2,1-3H3,(H,23,24). The molecule has 1 aromatic carbocycles. The Morgan fingerprint density at radius 3 is 2.18 bits per heavy atom. The summed E-state index contributed by atoms with van der Waals surface area (Å²) in [4.78, 5) is 21.4. The van der Waals surface area contributed by atoms with E-state index in [-0.39, 0.29) is 11.9 Å². The summed E-state index contributed by atoms with van der Waals surface area (Å²) in [5.74, 6) is 1.31. The maximum Gasteiger partial charge on any atom is 0.255 e. The molecule has 0 unspecified atom stereocenters. The van der Waals surface area contributed by atoms with Crippen LogP contribution in [0.3, 0.4) is 0 Å². The molecule has 0 spiro atoms. The number of hydrogen-bond donors (Lipinski definition) is 1. The average Bonchev–Trinajstić information content (AvgIpc) is 2.74. The molecule has 28 heavy (non-hydrogen) atoms. The van der Waals surface area contributed by atoms with E-state index in [2.05, 4.69) is 15.3 Å². The second kappa shape index (κ2) is 9.64. The van der Waals surface area contributed by atoms with Gasteiger partial charge in [0.05, 0.1) is 26.9 Å². The number of thioether (sulfide) groups is 1. The molecule has 0 radical (unpaired) electrons. The van der Waals surface area contributed by atoms with Crippen molar-refractivity contribution in [3.8, 4) is 17.2 Å². The van der Waals surface area contributed by atoms with Gasteiger partial charge in [-0.15, -0.1) is 0 Å². The highest BCUT2D eigenvalue weighted by Gasteiger charge is 2.25. The van der Waals surface area contributed by atoms with Gasteiger partial charge in [0.1, 0.15) is 5.75 Å². The minimum absolute atomic E-state index is 0.138. The van der Waals surface area contributed by atoms with Gasteiger partial charge in [0.15, 0.2) is 16.7 Å². The van der Waals surface area contributed by atoms with Crippen LogP contribution in [0.15, 0.2) is 35.7 Å². The molecule has 3 rings (SSSR count). The molecule has 0 atom stereocenters. The first-order valence-corrected chi connectivity index (χ1v) is 10.1. The van der Waals surface area contributed by atoms with Crippen molar-refractivity contribution in [2.45, 2.75) is 42.1 Å². The van der Waals surface area contributed by atoms with Crippen LogP contribution in [0.1, 0.15) is 36.0 Å². The van der Waals surface area contributed by atoms with Gasteiger partial charge in [0.25, 0.3) is 5.91 Å². The molecule has 1 N–H and O–H groups in total. The number of carbonyl (C=O) groups excluding carboxylic acids is 1. The fourth-order valence-corrected chi connectivity index (χ4v) is 4.34. The van der Waals surface area contributed by atoms with Crippen LogP contribution in [-0.4, -0.2) is 48.5 Å². The molecule has 1 fully saturated rings. The molecule has 2 aromatic rings. The Bertz CT molecular complexity index is 796. The van der Waals surface area contributed by atoms with Gasteiger partial charge in [-0.1, -0.05) is 11.8 Å². The quantitative estimate of drug-likeness (QED) is 0.710. The van der Waals surface area contributed by atoms with Crippen molar-refractivity contribution >= 4 is 17.7 Å². The highest BCUT2D eigenvalue weighted by molar-refractivity contribution is 7.99. The molecular formula is C20H25N3O4S. The summed E-state index contributed by atoms with van der Waals surface area (Å²) in [5.41, 5.74) is 0.439. The molecule has 1 saturated carbocycles. The predicted molar refractivity (Wildman–Crippen MR) is 107 cm³/mol. The maximum atomic E-state index is 12.8. The largest absolute Gasteiger partial charge is 0.496 e. The van der Waals surface area contributed by atoms with Crippen LogP contribution in [-0.2, 0) is 0 Å². The molecule has 1 aromatic heterocycles. The summed E-state index contributed by atoms with van der Waals surface area (Å²) in [6, 6.07) is 5.28. The molecule has 150 valence electrons. The smallest absolute Gasteiger partial charge is 0.255 e. The van der Waals surface area contributed by atoms with E-state index in [9.17, 15) is 4.79 Å². The van der Waals surface area contributed by atoms with Gasteiger partial charge < -0.3 is 19.5 Å². The number of carbonyl (C=O) groups is 1. The fourth-order valence-electron chi connectivity index (χ4n) is 3.29. The Kier molecular flexibility index (Phi) is 6.97. The number of nitrogens with zero attached hydrogens (tertiary/aromatic N) is 2. The molecule has 1 heterocycles. The van der Waals surface area contributed by atoms with E-state index in [1.807, 2.05) is 6.07 Å². The van der Waals surface area contributed by atoms with Crippen molar-refractivity contribution in [3.63, 3.8) is 0 Å². The minimum atomic E-state index is -0.166. The summed E-state index contributed by atoms with van der Waals surface area (Å²) in [7, 11) is 4.63. The van der Waals surface area contributed by atoms with Gasteiger partial charge in [0, 0.05) is 35.8 Å². The number of nitrogens with one attached hydrogen (secondary N) is 1. The first kappa shape index (κ1) is 20.3. The Morgan fingerprint density at radius 2 is 1.57 bits per heavy atom. The van der Waals surface area contributed by atoms with E-state index < -0.39 is 0 Å². The molecular weight excluding hydrogens is 378 g/mol. The number of rotatable bonds is 7. The number of benzene rings is 1. The van der Waals surface area contributed by atoms with Crippen LogP contribution >= 0.6 is 11.8 Å². The molecule has 0 saturated heterocycles. The number of amides is 1. The second-order valence-corrected chi connectivity index (χ2v) is 7.77. The summed E-state index contributed by atoms with van der Waals surface area (Å²) < 4.78 is 16.0. The molecule has 8 heteroatoms. The predicted octanol–water partition coefficient (Wildman–Crippen LogP) is 3.34. The van der Waals surface area contributed by atoms with Crippen molar-refractivity contribution < 1.29 is 19.0 Å². The Morgan fingerprint density at radius 1 is 0.964 bits per heavy atom. The Labute approximate surface area is 169 Å². The zero-order valence-corrected chi connectivity index (χ0v) is 17.1. The Balaban J connectivity index is 1.60. The van der Waals surface area contributed by atoms with E-state index >= 15 is 0 Å². The Hall–Kier alpha value is -2.48. The number of aromatic nitrogens is 2. The van der Waals surface area contributed by atoms with Gasteiger partial charge in [-0.25, -0.2) is 9.97 Å². The average molecular weight is 404 g/mol. The maximum absolute atomic E-state index is 12.8. The van der Waals surface area contributed by atoms with Gasteiger partial charge in [-0.05, 0) is 31.7 Å². The minimum Gasteiger partial charge on any atom is -0.496 e. The van der Waals surface area contributed by atoms with Gasteiger partial charge in [-0.2, -0.15) is 0 Å². The van der Waals surface area contributed by atoms with Crippen LogP contribution in [0.2, 0.25) is 0 Å². The number of methoxy groups -OCH3 is 3. The van der Waals surface area contributed by atoms with Crippen molar-refractivity contribution in [1.82, 2.24) is 15.3 Å². The third-order valence-corrected chi connectivity index (χ3v) is 6.00. The molecule has 1 aliphatic rings. The van der Waals surface area contributed by atoms with E-state index in [1.54, 1.807) is 50.5 Å². The van der Waals surface area contributed by atoms with Crippen LogP contribution in [0.4, 0.5) is 0 Å². The van der Waals surface area contributed by atoms with Crippen LogP contribution in [0.25, 0.3) is 0 Å². The summed E-state index contributed by atoms with van der Waals surface area (Å²) in [6.07, 6.45) is 7.39. The van der Waals surface area contributed by atoms with Crippen LogP contribution < -0.4 is 19.5 Å². The summed E-state index contributed by atoms with van der Waals surface area (Å²) in [6.45, 7) is 0. The van der Waals surface area contributed by atoms with E-state index in [0.717, 1.165) is 30.8 Å². The van der Waals surface area contributed by atoms with Gasteiger partial charge in [-0.3, -0.25) is 4.79 Å². The van der Waals surface area contributed by atoms with Crippen molar-refractivity contribution in [1.29, 1.82) is 0 Å². The topological polar surface area (TPSA) is 82.6 Å². The van der Waals surface area contributed by atoms with E-state index in [1.165, 1.54) is 7.11 Å². The first-order valence-electron chi connectivity index (χ1n) is 9.19. The molecule has 1 aliphatic carbocycles. The van der Waals surface area contributed by atoms with Crippen LogP contribution in [0.5, 0.6) is 17.2 Å². The lowest BCUT2D eigenvalue weighted by atomic mass is 9.94. The lowest BCUT2D eigenvalue weighted by Gasteiger charge is -2.28. The molecule has 0 aliphatic heterocycles. The molecule has 7 nitrogen and oxygen atoms in total. The summed E-state index contributed by atoms with van der Waals surface area (Å²) in [5, 5.41) is 4.42. The molecule has 0 bridgehead atoms. The SMILES string of the molecule is COc1cc(OC)c(C(=O)NC2CCC(Sc3ncccn3)CC2)cc1OC. The van der Waals surface area contributed by atoms with E-state index in [0.29, 0.717) is 28.1 Å². The first-order chi connectivity index (χ1) is 13.6. The zero-order valence-electron chi connectivity index (χ0n) is 16.3.